The topological polar surface area (TPSA) is 70.2 Å². The Balaban J connectivity index is 1.74. The largest absolute Gasteiger partial charge is 0.354 e. The van der Waals surface area contributed by atoms with E-state index in [9.17, 15) is 18.4 Å². The Kier molecular flexibility index (Phi) is 5.83. The summed E-state index contributed by atoms with van der Waals surface area (Å²) in [6.45, 7) is 1.91. The van der Waals surface area contributed by atoms with Crippen molar-refractivity contribution in [2.75, 3.05) is 26.2 Å². The van der Waals surface area contributed by atoms with Crippen LogP contribution in [-0.2, 0) is 4.79 Å². The summed E-state index contributed by atoms with van der Waals surface area (Å²) in [5, 5.41) is 8.24. The average molecular weight is 311 g/mol. The molecule has 1 aliphatic rings. The molecule has 1 aliphatic heterocycles. The molecule has 0 aliphatic carbocycles. The van der Waals surface area contributed by atoms with Gasteiger partial charge in [-0.2, -0.15) is 0 Å². The van der Waals surface area contributed by atoms with Crippen molar-refractivity contribution in [3.05, 3.63) is 35.4 Å². The molecule has 1 saturated heterocycles. The number of carbonyl (C=O) groups is 2. The van der Waals surface area contributed by atoms with Gasteiger partial charge in [0.05, 0.1) is 5.92 Å². The highest BCUT2D eigenvalue weighted by molar-refractivity contribution is 5.94. The lowest BCUT2D eigenvalue weighted by Gasteiger charge is -2.21. The molecule has 1 aromatic carbocycles. The molecule has 0 radical (unpaired) electrons. The van der Waals surface area contributed by atoms with Gasteiger partial charge in [0.2, 0.25) is 5.91 Å². The van der Waals surface area contributed by atoms with E-state index in [-0.39, 0.29) is 24.9 Å². The molecular formula is C15H19F2N3O2. The third kappa shape index (κ3) is 4.24. The molecule has 1 fully saturated rings. The second kappa shape index (κ2) is 7.84. The molecule has 0 spiro atoms. The molecule has 5 nitrogen and oxygen atoms in total. The highest BCUT2D eigenvalue weighted by Gasteiger charge is 2.20. The van der Waals surface area contributed by atoms with Gasteiger partial charge in [-0.1, -0.05) is 6.07 Å². The summed E-state index contributed by atoms with van der Waals surface area (Å²) >= 11 is 0. The molecule has 0 saturated carbocycles. The predicted octanol–water partition coefficient (Wildman–Crippen LogP) is 0.810. The summed E-state index contributed by atoms with van der Waals surface area (Å²) in [6.07, 6.45) is 1.80. The van der Waals surface area contributed by atoms with E-state index in [0.717, 1.165) is 31.5 Å². The molecule has 2 rings (SSSR count). The molecule has 1 atom stereocenters. The van der Waals surface area contributed by atoms with Crippen LogP contribution in [0, 0.1) is 17.6 Å². The van der Waals surface area contributed by atoms with E-state index in [0.29, 0.717) is 6.54 Å². The van der Waals surface area contributed by atoms with E-state index in [1.54, 1.807) is 0 Å². The van der Waals surface area contributed by atoms with Crippen LogP contribution in [-0.4, -0.2) is 38.0 Å². The Morgan fingerprint density at radius 2 is 1.86 bits per heavy atom. The van der Waals surface area contributed by atoms with Gasteiger partial charge in [0.15, 0.2) is 0 Å². The van der Waals surface area contributed by atoms with Gasteiger partial charge in [-0.05, 0) is 31.5 Å². The molecule has 120 valence electrons. The zero-order valence-electron chi connectivity index (χ0n) is 12.1. The van der Waals surface area contributed by atoms with E-state index in [4.69, 9.17) is 0 Å². The van der Waals surface area contributed by atoms with Gasteiger partial charge in [0.25, 0.3) is 5.91 Å². The maximum atomic E-state index is 13.4. The third-order valence-corrected chi connectivity index (χ3v) is 3.57. The molecule has 1 unspecified atom stereocenters. The Hall–Kier alpha value is -2.02. The molecule has 1 aromatic rings. The normalized spacial score (nSPS) is 17.8. The Labute approximate surface area is 127 Å². The van der Waals surface area contributed by atoms with Gasteiger partial charge in [-0.15, -0.1) is 0 Å². The lowest BCUT2D eigenvalue weighted by molar-refractivity contribution is -0.125. The zero-order chi connectivity index (χ0) is 15.9. The average Bonchev–Trinajstić information content (AvgIpc) is 2.52. The first kappa shape index (κ1) is 16.4. The number of hydrogen-bond donors (Lipinski definition) is 3. The first-order valence-corrected chi connectivity index (χ1v) is 7.30. The van der Waals surface area contributed by atoms with Crippen LogP contribution in [0.3, 0.4) is 0 Å². The van der Waals surface area contributed by atoms with Crippen molar-refractivity contribution in [2.24, 2.45) is 5.92 Å². The Morgan fingerprint density at radius 3 is 2.50 bits per heavy atom. The van der Waals surface area contributed by atoms with Crippen LogP contribution < -0.4 is 16.0 Å². The van der Waals surface area contributed by atoms with Gasteiger partial charge in [0, 0.05) is 19.6 Å². The summed E-state index contributed by atoms with van der Waals surface area (Å²) in [4.78, 5) is 23.6. The van der Waals surface area contributed by atoms with Gasteiger partial charge in [0.1, 0.15) is 17.2 Å². The minimum atomic E-state index is -0.908. The molecular weight excluding hydrogens is 292 g/mol. The number of hydrogen-bond acceptors (Lipinski definition) is 3. The van der Waals surface area contributed by atoms with Crippen molar-refractivity contribution in [3.8, 4) is 0 Å². The van der Waals surface area contributed by atoms with Crippen LogP contribution >= 0.6 is 0 Å². The molecule has 7 heteroatoms. The number of piperidine rings is 1. The summed E-state index contributed by atoms with van der Waals surface area (Å²) in [7, 11) is 0. The number of benzene rings is 1. The van der Waals surface area contributed by atoms with Gasteiger partial charge >= 0.3 is 0 Å². The standard InChI is InChI=1S/C15H19F2N3O2/c16-11-4-1-5-12(17)13(11)15(22)20-8-7-19-14(21)10-3-2-6-18-9-10/h1,4-5,10,18H,2-3,6-9H2,(H,19,21)(H,20,22). The number of rotatable bonds is 5. The van der Waals surface area contributed by atoms with E-state index < -0.39 is 23.1 Å². The summed E-state index contributed by atoms with van der Waals surface area (Å²) < 4.78 is 26.8. The van der Waals surface area contributed by atoms with Gasteiger partial charge in [-0.3, -0.25) is 9.59 Å². The van der Waals surface area contributed by atoms with Crippen LogP contribution in [0.15, 0.2) is 18.2 Å². The fraction of sp³-hybridized carbons (Fsp3) is 0.467. The lowest BCUT2D eigenvalue weighted by Crippen LogP contribution is -2.43. The van der Waals surface area contributed by atoms with E-state index >= 15 is 0 Å². The molecule has 1 heterocycles. The van der Waals surface area contributed by atoms with Crippen molar-refractivity contribution in [2.45, 2.75) is 12.8 Å². The highest BCUT2D eigenvalue weighted by Crippen LogP contribution is 2.11. The monoisotopic (exact) mass is 311 g/mol. The third-order valence-electron chi connectivity index (χ3n) is 3.57. The minimum Gasteiger partial charge on any atom is -0.354 e. The van der Waals surface area contributed by atoms with Crippen molar-refractivity contribution >= 4 is 11.8 Å². The molecule has 0 bridgehead atoms. The van der Waals surface area contributed by atoms with Crippen molar-refractivity contribution in [1.29, 1.82) is 0 Å². The fourth-order valence-electron chi connectivity index (χ4n) is 2.38. The van der Waals surface area contributed by atoms with Crippen LogP contribution in [0.25, 0.3) is 0 Å². The second-order valence-corrected chi connectivity index (χ2v) is 5.19. The quantitative estimate of drug-likeness (QED) is 0.705. The van der Waals surface area contributed by atoms with E-state index in [1.807, 2.05) is 0 Å². The van der Waals surface area contributed by atoms with Crippen LogP contribution in [0.5, 0.6) is 0 Å². The molecule has 2 amide bonds. The minimum absolute atomic E-state index is 0.0616. The smallest absolute Gasteiger partial charge is 0.257 e. The highest BCUT2D eigenvalue weighted by atomic mass is 19.1. The number of nitrogens with one attached hydrogen (secondary N) is 3. The summed E-state index contributed by atoms with van der Waals surface area (Å²) in [5.74, 6) is -2.78. The molecule has 22 heavy (non-hydrogen) atoms. The second-order valence-electron chi connectivity index (χ2n) is 5.19. The van der Waals surface area contributed by atoms with Crippen molar-refractivity contribution < 1.29 is 18.4 Å². The summed E-state index contributed by atoms with van der Waals surface area (Å²) in [6, 6.07) is 3.24. The zero-order valence-corrected chi connectivity index (χ0v) is 12.1. The lowest BCUT2D eigenvalue weighted by atomic mass is 9.99. The van der Waals surface area contributed by atoms with Crippen LogP contribution in [0.1, 0.15) is 23.2 Å². The predicted molar refractivity (Wildman–Crippen MR) is 77.3 cm³/mol. The SMILES string of the molecule is O=C(NCCNC(=O)C1CCCNC1)c1c(F)cccc1F. The number of amides is 2. The van der Waals surface area contributed by atoms with Crippen molar-refractivity contribution in [1.82, 2.24) is 16.0 Å². The van der Waals surface area contributed by atoms with E-state index in [1.165, 1.54) is 6.07 Å². The number of carbonyl (C=O) groups excluding carboxylic acids is 2. The summed E-state index contributed by atoms with van der Waals surface area (Å²) in [5.41, 5.74) is -0.606. The van der Waals surface area contributed by atoms with E-state index in [2.05, 4.69) is 16.0 Å². The van der Waals surface area contributed by atoms with Crippen LogP contribution in [0.4, 0.5) is 8.78 Å². The fourth-order valence-corrected chi connectivity index (χ4v) is 2.38. The van der Waals surface area contributed by atoms with Crippen molar-refractivity contribution in [3.63, 3.8) is 0 Å². The first-order valence-electron chi connectivity index (χ1n) is 7.30. The van der Waals surface area contributed by atoms with Gasteiger partial charge in [-0.25, -0.2) is 8.78 Å². The van der Waals surface area contributed by atoms with Crippen LogP contribution in [0.2, 0.25) is 0 Å². The maximum absolute atomic E-state index is 13.4. The molecule has 0 aromatic heterocycles. The van der Waals surface area contributed by atoms with Gasteiger partial charge < -0.3 is 16.0 Å². The Morgan fingerprint density at radius 1 is 1.18 bits per heavy atom. The molecule has 3 N–H and O–H groups in total. The Bertz CT molecular complexity index is 525. The number of halogens is 2. The first-order chi connectivity index (χ1) is 10.6. The maximum Gasteiger partial charge on any atom is 0.257 e.